The summed E-state index contributed by atoms with van der Waals surface area (Å²) in [4.78, 5) is 20.1. The molecular formula is C17H17N3OS. The number of hydrogen-bond acceptors (Lipinski definition) is 4. The second-order valence-electron chi connectivity index (χ2n) is 6.08. The van der Waals surface area contributed by atoms with Crippen molar-refractivity contribution in [2.45, 2.75) is 18.9 Å². The number of aromatic nitrogens is 1. The van der Waals surface area contributed by atoms with Gasteiger partial charge in [0.1, 0.15) is 5.69 Å². The smallest absolute Gasteiger partial charge is 0.270 e. The van der Waals surface area contributed by atoms with E-state index in [2.05, 4.69) is 21.1 Å². The summed E-state index contributed by atoms with van der Waals surface area (Å²) in [5.41, 5.74) is 0.481. The number of rotatable bonds is 2. The van der Waals surface area contributed by atoms with Gasteiger partial charge in [-0.25, -0.2) is 0 Å². The van der Waals surface area contributed by atoms with E-state index < -0.39 is 0 Å². The summed E-state index contributed by atoms with van der Waals surface area (Å²) in [5.74, 6) is 3.18. The van der Waals surface area contributed by atoms with Gasteiger partial charge in [-0.3, -0.25) is 9.78 Å². The Morgan fingerprint density at radius 2 is 2.23 bits per heavy atom. The number of fused-ring (bicyclic) bond motifs is 4. The maximum absolute atomic E-state index is 12.5. The summed E-state index contributed by atoms with van der Waals surface area (Å²) in [5, 5.41) is 4.17. The van der Waals surface area contributed by atoms with E-state index in [1.165, 1.54) is 37.3 Å². The van der Waals surface area contributed by atoms with Gasteiger partial charge in [-0.15, -0.1) is 17.8 Å². The molecule has 0 spiro atoms. The monoisotopic (exact) mass is 311 g/mol. The van der Waals surface area contributed by atoms with Gasteiger partial charge in [0.25, 0.3) is 5.91 Å². The fraction of sp³-hybridized carbons (Fsp3) is 0.412. The van der Waals surface area contributed by atoms with E-state index in [1.807, 2.05) is 12.1 Å². The first-order chi connectivity index (χ1) is 10.7. The summed E-state index contributed by atoms with van der Waals surface area (Å²) < 4.78 is 1.02. The van der Waals surface area contributed by atoms with Crippen LogP contribution in [0.15, 0.2) is 18.3 Å². The molecule has 1 atom stereocenters. The van der Waals surface area contributed by atoms with E-state index in [1.54, 1.807) is 6.20 Å². The molecule has 5 heterocycles. The number of piperidine rings is 3. The predicted molar refractivity (Wildman–Crippen MR) is 88.0 cm³/mol. The highest BCUT2D eigenvalue weighted by atomic mass is 32.1. The van der Waals surface area contributed by atoms with Crippen LogP contribution in [0, 0.1) is 18.3 Å². The van der Waals surface area contributed by atoms with Gasteiger partial charge in [0.2, 0.25) is 0 Å². The Labute approximate surface area is 133 Å². The van der Waals surface area contributed by atoms with Crippen molar-refractivity contribution in [1.29, 1.82) is 0 Å². The Morgan fingerprint density at radius 1 is 1.41 bits per heavy atom. The highest BCUT2D eigenvalue weighted by Gasteiger charge is 2.35. The van der Waals surface area contributed by atoms with Crippen LogP contribution in [0.25, 0.3) is 10.1 Å². The van der Waals surface area contributed by atoms with Crippen LogP contribution in [0.4, 0.5) is 0 Å². The molecule has 3 aliphatic rings. The van der Waals surface area contributed by atoms with Gasteiger partial charge in [-0.05, 0) is 44.0 Å². The summed E-state index contributed by atoms with van der Waals surface area (Å²) in [6.07, 6.45) is 9.54. The minimum Gasteiger partial charge on any atom is -0.346 e. The fourth-order valence-corrected chi connectivity index (χ4v) is 4.38. The van der Waals surface area contributed by atoms with Crippen molar-refractivity contribution in [3.05, 3.63) is 28.9 Å². The summed E-state index contributed by atoms with van der Waals surface area (Å²) in [6.45, 7) is 3.31. The molecule has 2 bridgehead atoms. The number of nitrogens with one attached hydrogen (secondary N) is 1. The first-order valence-electron chi connectivity index (χ1n) is 7.62. The number of carbonyl (C=O) groups excluding carboxylic acids is 1. The standard InChI is InChI=1S/C17H17N3OS/c1-2-13-7-12-9-18-14(8-16(12)22-13)17(21)19-15-10-20-5-3-11(15)4-6-20/h1,7-9,11,15H,3-6,10H2,(H,19,21)/t15-/m0/s1. The molecule has 0 aromatic carbocycles. The summed E-state index contributed by atoms with van der Waals surface area (Å²) in [6, 6.07) is 4.04. The van der Waals surface area contributed by atoms with E-state index in [-0.39, 0.29) is 11.9 Å². The minimum atomic E-state index is -0.0729. The molecule has 0 unspecified atom stereocenters. The molecule has 0 radical (unpaired) electrons. The number of amides is 1. The summed E-state index contributed by atoms with van der Waals surface area (Å²) >= 11 is 1.52. The van der Waals surface area contributed by atoms with Crippen LogP contribution in [0.5, 0.6) is 0 Å². The van der Waals surface area contributed by atoms with Crippen molar-refractivity contribution < 1.29 is 4.79 Å². The molecule has 22 heavy (non-hydrogen) atoms. The molecule has 2 aromatic rings. The van der Waals surface area contributed by atoms with E-state index in [9.17, 15) is 4.79 Å². The van der Waals surface area contributed by atoms with Gasteiger partial charge < -0.3 is 10.2 Å². The topological polar surface area (TPSA) is 45.2 Å². The van der Waals surface area contributed by atoms with E-state index in [0.29, 0.717) is 11.6 Å². The van der Waals surface area contributed by atoms with Crippen LogP contribution in [0.2, 0.25) is 0 Å². The number of terminal acetylenes is 1. The Bertz CT molecular complexity index is 768. The average Bonchev–Trinajstić information content (AvgIpc) is 2.98. The molecule has 5 rings (SSSR count). The third-order valence-corrected chi connectivity index (χ3v) is 5.78. The lowest BCUT2D eigenvalue weighted by molar-refractivity contribution is 0.0618. The van der Waals surface area contributed by atoms with Crippen LogP contribution >= 0.6 is 11.3 Å². The number of pyridine rings is 1. The van der Waals surface area contributed by atoms with Gasteiger partial charge in [0.15, 0.2) is 0 Å². The highest BCUT2D eigenvalue weighted by molar-refractivity contribution is 7.19. The first kappa shape index (κ1) is 13.7. The zero-order valence-corrected chi connectivity index (χ0v) is 13.0. The third-order valence-electron chi connectivity index (χ3n) is 4.75. The number of nitrogens with zero attached hydrogens (tertiary/aromatic N) is 2. The molecule has 2 aromatic heterocycles. The molecule has 3 aliphatic heterocycles. The van der Waals surface area contributed by atoms with Crippen molar-refractivity contribution in [3.8, 4) is 12.3 Å². The average molecular weight is 311 g/mol. The second-order valence-corrected chi connectivity index (χ2v) is 7.16. The van der Waals surface area contributed by atoms with Crippen molar-refractivity contribution in [2.75, 3.05) is 19.6 Å². The molecule has 3 saturated heterocycles. The Balaban J connectivity index is 1.54. The Kier molecular flexibility index (Phi) is 3.36. The molecule has 0 saturated carbocycles. The molecule has 4 nitrogen and oxygen atoms in total. The fourth-order valence-electron chi connectivity index (χ4n) is 3.50. The van der Waals surface area contributed by atoms with Crippen LogP contribution in [0.1, 0.15) is 28.2 Å². The normalized spacial score (nSPS) is 26.8. The van der Waals surface area contributed by atoms with Gasteiger partial charge in [0.05, 0.1) is 4.88 Å². The molecule has 1 amide bonds. The molecule has 3 fully saturated rings. The lowest BCUT2D eigenvalue weighted by Gasteiger charge is -2.44. The Hall–Kier alpha value is -1.90. The lowest BCUT2D eigenvalue weighted by Crippen LogP contribution is -2.57. The van der Waals surface area contributed by atoms with Gasteiger partial charge >= 0.3 is 0 Å². The molecule has 112 valence electrons. The van der Waals surface area contributed by atoms with Crippen molar-refractivity contribution in [2.24, 2.45) is 5.92 Å². The number of carbonyl (C=O) groups is 1. The van der Waals surface area contributed by atoms with Crippen LogP contribution in [-0.2, 0) is 0 Å². The first-order valence-corrected chi connectivity index (χ1v) is 8.44. The van der Waals surface area contributed by atoms with E-state index in [0.717, 1.165) is 21.5 Å². The summed E-state index contributed by atoms with van der Waals surface area (Å²) in [7, 11) is 0. The third kappa shape index (κ3) is 2.39. The van der Waals surface area contributed by atoms with Crippen LogP contribution in [0.3, 0.4) is 0 Å². The highest BCUT2D eigenvalue weighted by Crippen LogP contribution is 2.28. The predicted octanol–water partition coefficient (Wildman–Crippen LogP) is 2.10. The Morgan fingerprint density at radius 3 is 2.91 bits per heavy atom. The maximum Gasteiger partial charge on any atom is 0.270 e. The zero-order valence-electron chi connectivity index (χ0n) is 12.2. The number of hydrogen-bond donors (Lipinski definition) is 1. The van der Waals surface area contributed by atoms with E-state index >= 15 is 0 Å². The van der Waals surface area contributed by atoms with Gasteiger partial charge in [0, 0.05) is 28.9 Å². The quantitative estimate of drug-likeness (QED) is 0.864. The van der Waals surface area contributed by atoms with E-state index in [4.69, 9.17) is 6.42 Å². The SMILES string of the molecule is C#Cc1cc2cnc(C(=O)N[C@H]3CN4CCC3CC4)cc2s1. The zero-order chi connectivity index (χ0) is 15.1. The largest absolute Gasteiger partial charge is 0.346 e. The van der Waals surface area contributed by atoms with Crippen LogP contribution in [-0.4, -0.2) is 41.5 Å². The lowest BCUT2D eigenvalue weighted by atomic mass is 9.84. The van der Waals surface area contributed by atoms with Crippen molar-refractivity contribution >= 4 is 27.3 Å². The molecular weight excluding hydrogens is 294 g/mol. The molecule has 0 aliphatic carbocycles. The van der Waals surface area contributed by atoms with Crippen molar-refractivity contribution in [3.63, 3.8) is 0 Å². The molecule has 5 heteroatoms. The minimum absolute atomic E-state index is 0.0729. The maximum atomic E-state index is 12.5. The number of thiophene rings is 1. The van der Waals surface area contributed by atoms with Gasteiger partial charge in [-0.1, -0.05) is 5.92 Å². The van der Waals surface area contributed by atoms with Crippen LogP contribution < -0.4 is 5.32 Å². The van der Waals surface area contributed by atoms with Gasteiger partial charge in [-0.2, -0.15) is 0 Å². The van der Waals surface area contributed by atoms with Crippen molar-refractivity contribution in [1.82, 2.24) is 15.2 Å². The second kappa shape index (κ2) is 5.38. The molecule has 1 N–H and O–H groups in total.